The van der Waals surface area contributed by atoms with Crippen molar-refractivity contribution in [2.45, 2.75) is 135 Å². The van der Waals surface area contributed by atoms with Crippen LogP contribution >= 0.6 is 0 Å². The third-order valence-electron chi connectivity index (χ3n) is 12.4. The summed E-state index contributed by atoms with van der Waals surface area (Å²) >= 11 is 0. The van der Waals surface area contributed by atoms with Gasteiger partial charge in [-0.1, -0.05) is 103 Å². The van der Waals surface area contributed by atoms with E-state index in [1.165, 1.54) is 56.4 Å². The molecule has 50 heavy (non-hydrogen) atoms. The molecule has 1 spiro atoms. The topological polar surface area (TPSA) is 142 Å². The Hall–Kier alpha value is -3.08. The van der Waals surface area contributed by atoms with E-state index in [-0.39, 0.29) is 36.7 Å². The molecule has 4 N–H and O–H groups in total. The number of ether oxygens (including phenoxy) is 2. The Bertz CT molecular complexity index is 1490. The number of ketones is 1. The highest BCUT2D eigenvalue weighted by Gasteiger charge is 2.83. The predicted molar refractivity (Wildman–Crippen MR) is 186 cm³/mol. The van der Waals surface area contributed by atoms with Crippen molar-refractivity contribution in [2.75, 3.05) is 6.61 Å². The largest absolute Gasteiger partial charge is 0.458 e. The van der Waals surface area contributed by atoms with Crippen LogP contribution in [0.15, 0.2) is 47.6 Å². The number of hydrogen-bond acceptors (Lipinski definition) is 8. The number of carbonyl (C=O) groups excluding carboxylic acids is 3. The summed E-state index contributed by atoms with van der Waals surface area (Å²) in [6.45, 7) is 8.99. The van der Waals surface area contributed by atoms with Gasteiger partial charge in [-0.25, -0.2) is 9.18 Å². The first-order chi connectivity index (χ1) is 23.7. The summed E-state index contributed by atoms with van der Waals surface area (Å²) in [5.41, 5.74) is -4.61. The van der Waals surface area contributed by atoms with Gasteiger partial charge >= 0.3 is 12.1 Å². The molecule has 2 saturated carbocycles. The van der Waals surface area contributed by atoms with E-state index in [1.807, 2.05) is 20.8 Å². The van der Waals surface area contributed by atoms with Gasteiger partial charge in [0.15, 0.2) is 17.5 Å². The molecule has 5 rings (SSSR count). The lowest BCUT2D eigenvalue weighted by molar-refractivity contribution is -0.191. The molecular formula is C40H56FNO8. The summed E-state index contributed by atoms with van der Waals surface area (Å²) in [5, 5.41) is 37.7. The Morgan fingerprint density at radius 3 is 2.26 bits per heavy atom. The quantitative estimate of drug-likeness (QED) is 0.0928. The molecule has 276 valence electrons. The van der Waals surface area contributed by atoms with Gasteiger partial charge in [-0.3, -0.25) is 9.59 Å². The molecule has 2 bridgehead atoms. The third kappa shape index (κ3) is 6.45. The number of aliphatic hydroxyl groups excluding tert-OH is 2. The van der Waals surface area contributed by atoms with Crippen LogP contribution in [-0.2, 0) is 25.6 Å². The number of hydrogen-bond donors (Lipinski definition) is 4. The van der Waals surface area contributed by atoms with E-state index in [4.69, 9.17) is 9.47 Å². The molecule has 0 heterocycles. The number of Topliss-reactive ketones (excluding diaryl/α,β-unsaturated/α-hetero) is 1. The highest BCUT2D eigenvalue weighted by Crippen LogP contribution is 2.75. The number of benzene rings is 1. The first-order valence-electron chi connectivity index (χ1n) is 18.6. The summed E-state index contributed by atoms with van der Waals surface area (Å²) in [6.07, 6.45) is 9.75. The second-order valence-corrected chi connectivity index (χ2v) is 15.8. The standard InChI is InChI=1S/C40H56FNO8/c1-6-7-8-9-10-11-12-13-14-15-31(44)50-39-22-26(3)38-21-25(2)35(49-36(47)42-23-27-16-18-29(41)19-17-27)40(38,48)33(45)28(24-43)20-30(34(38)46)32(39)37(39,4)5/h16-21,26,30,32-33,35,43,45,48H,6-15,22-24H2,1-5H3,(H,42,47)/t26-,30+,32-,33-,35+,38+,39+,40+/m1/s1. The maximum Gasteiger partial charge on any atom is 0.408 e. The summed E-state index contributed by atoms with van der Waals surface area (Å²) in [4.78, 5) is 41.5. The average molecular weight is 698 g/mol. The van der Waals surface area contributed by atoms with E-state index in [1.54, 1.807) is 19.1 Å². The minimum absolute atomic E-state index is 0.0175. The SMILES string of the molecule is CCCCCCCCCCCC(=O)O[C@@]12C[C@@H](C)[C@]34C=C(C)[C@H](OC(=O)NCc5ccc(F)cc5)[C@@]3(O)[C@H](O)C(CO)=C[C@H](C4=O)[C@@H]1C2(C)C. The number of aliphatic hydroxyl groups is 3. The van der Waals surface area contributed by atoms with Crippen molar-refractivity contribution in [3.05, 3.63) is 58.9 Å². The van der Waals surface area contributed by atoms with Crippen LogP contribution in [0, 0.1) is 34.4 Å². The van der Waals surface area contributed by atoms with Crippen LogP contribution in [0.5, 0.6) is 0 Å². The molecular weight excluding hydrogens is 641 g/mol. The second-order valence-electron chi connectivity index (χ2n) is 15.8. The smallest absolute Gasteiger partial charge is 0.408 e. The highest BCUT2D eigenvalue weighted by atomic mass is 19.1. The summed E-state index contributed by atoms with van der Waals surface area (Å²) in [7, 11) is 0. The van der Waals surface area contributed by atoms with Crippen molar-refractivity contribution >= 4 is 17.8 Å². The van der Waals surface area contributed by atoms with Crippen molar-refractivity contribution in [2.24, 2.45) is 28.6 Å². The van der Waals surface area contributed by atoms with Gasteiger partial charge in [0.25, 0.3) is 0 Å². The van der Waals surface area contributed by atoms with E-state index in [9.17, 15) is 34.1 Å². The molecule has 1 aromatic carbocycles. The van der Waals surface area contributed by atoms with Crippen molar-refractivity contribution in [1.29, 1.82) is 0 Å². The van der Waals surface area contributed by atoms with Crippen LogP contribution in [0.2, 0.25) is 0 Å². The zero-order valence-corrected chi connectivity index (χ0v) is 30.3. The minimum Gasteiger partial charge on any atom is -0.458 e. The minimum atomic E-state index is -2.35. The number of halogens is 1. The fourth-order valence-electron chi connectivity index (χ4n) is 9.65. The maximum absolute atomic E-state index is 14.9. The number of carbonyl (C=O) groups is 3. The Kier molecular flexibility index (Phi) is 11.4. The zero-order valence-electron chi connectivity index (χ0n) is 30.3. The summed E-state index contributed by atoms with van der Waals surface area (Å²) in [5.74, 6) is -3.06. The maximum atomic E-state index is 14.9. The normalized spacial score (nSPS) is 33.6. The Morgan fingerprint density at radius 1 is 1.02 bits per heavy atom. The predicted octanol–water partition coefficient (Wildman–Crippen LogP) is 6.48. The molecule has 4 aliphatic rings. The number of rotatable bonds is 15. The van der Waals surface area contributed by atoms with Crippen LogP contribution in [0.4, 0.5) is 9.18 Å². The van der Waals surface area contributed by atoms with E-state index >= 15 is 0 Å². The Labute approximate surface area is 295 Å². The van der Waals surface area contributed by atoms with Gasteiger partial charge in [-0.05, 0) is 54.5 Å². The van der Waals surface area contributed by atoms with Gasteiger partial charge in [-0.2, -0.15) is 0 Å². The number of unbranched alkanes of at least 4 members (excludes halogenated alkanes) is 8. The molecule has 0 saturated heterocycles. The van der Waals surface area contributed by atoms with Crippen molar-refractivity contribution in [3.8, 4) is 0 Å². The van der Waals surface area contributed by atoms with E-state index in [0.717, 1.165) is 25.7 Å². The molecule has 8 atom stereocenters. The van der Waals surface area contributed by atoms with Crippen molar-refractivity contribution in [3.63, 3.8) is 0 Å². The number of nitrogens with one attached hydrogen (secondary N) is 1. The number of fused-ring (bicyclic) bond motifs is 3. The lowest BCUT2D eigenvalue weighted by Gasteiger charge is -2.49. The molecule has 10 heteroatoms. The number of esters is 1. The van der Waals surface area contributed by atoms with E-state index in [2.05, 4.69) is 12.2 Å². The molecule has 2 fully saturated rings. The van der Waals surface area contributed by atoms with Crippen LogP contribution in [0.3, 0.4) is 0 Å². The van der Waals surface area contributed by atoms with Gasteiger partial charge in [0.2, 0.25) is 0 Å². The van der Waals surface area contributed by atoms with Crippen LogP contribution in [-0.4, -0.2) is 63.2 Å². The molecule has 4 aliphatic carbocycles. The van der Waals surface area contributed by atoms with Crippen LogP contribution in [0.1, 0.15) is 111 Å². The van der Waals surface area contributed by atoms with Crippen LogP contribution in [0.25, 0.3) is 0 Å². The molecule has 1 aromatic rings. The van der Waals surface area contributed by atoms with Crippen LogP contribution < -0.4 is 5.32 Å². The summed E-state index contributed by atoms with van der Waals surface area (Å²) in [6, 6.07) is 5.58. The monoisotopic (exact) mass is 697 g/mol. The van der Waals surface area contributed by atoms with Gasteiger partial charge < -0.3 is 30.1 Å². The molecule has 1 amide bonds. The highest BCUT2D eigenvalue weighted by molar-refractivity contribution is 5.96. The zero-order chi connectivity index (χ0) is 36.5. The number of alkyl carbamates (subject to hydrolysis) is 1. The van der Waals surface area contributed by atoms with Gasteiger partial charge in [-0.15, -0.1) is 0 Å². The van der Waals surface area contributed by atoms with E-state index in [0.29, 0.717) is 11.1 Å². The van der Waals surface area contributed by atoms with Crippen molar-refractivity contribution < 1.29 is 43.6 Å². The third-order valence-corrected chi connectivity index (χ3v) is 12.4. The number of allylic oxidation sites excluding steroid dienone is 1. The van der Waals surface area contributed by atoms with Gasteiger partial charge in [0.05, 0.1) is 12.0 Å². The summed E-state index contributed by atoms with van der Waals surface area (Å²) < 4.78 is 25.6. The second kappa shape index (κ2) is 14.9. The molecule has 9 nitrogen and oxygen atoms in total. The molecule has 0 unspecified atom stereocenters. The van der Waals surface area contributed by atoms with Crippen molar-refractivity contribution in [1.82, 2.24) is 5.32 Å². The lowest BCUT2D eigenvalue weighted by atomic mass is 9.59. The fourth-order valence-corrected chi connectivity index (χ4v) is 9.65. The number of amides is 1. The average Bonchev–Trinajstić information content (AvgIpc) is 3.47. The molecule has 0 radical (unpaired) electrons. The first kappa shape index (κ1) is 38.2. The molecule has 0 aliphatic heterocycles. The van der Waals surface area contributed by atoms with Gasteiger partial charge in [0.1, 0.15) is 17.5 Å². The lowest BCUT2D eigenvalue weighted by Crippen LogP contribution is -2.66. The van der Waals surface area contributed by atoms with E-state index < -0.39 is 70.5 Å². The fraction of sp³-hybridized carbons (Fsp3) is 0.675. The first-order valence-corrected chi connectivity index (χ1v) is 18.6. The Balaban J connectivity index is 1.35. The molecule has 0 aromatic heterocycles. The van der Waals surface area contributed by atoms with Gasteiger partial charge in [0, 0.05) is 30.2 Å². The Morgan fingerprint density at radius 2 is 1.64 bits per heavy atom.